The van der Waals surface area contributed by atoms with E-state index in [0.29, 0.717) is 11.4 Å². The first-order valence-electron chi connectivity index (χ1n) is 3.76. The lowest BCUT2D eigenvalue weighted by Crippen LogP contribution is -1.94. The van der Waals surface area contributed by atoms with E-state index in [9.17, 15) is 0 Å². The van der Waals surface area contributed by atoms with E-state index in [0.717, 1.165) is 0 Å². The Morgan fingerprint density at radius 3 is 3.14 bits per heavy atom. The van der Waals surface area contributed by atoms with Crippen molar-refractivity contribution in [3.8, 4) is 6.07 Å². The van der Waals surface area contributed by atoms with Gasteiger partial charge in [0.25, 0.3) is 0 Å². The van der Waals surface area contributed by atoms with Crippen molar-refractivity contribution in [2.75, 3.05) is 5.32 Å². The molecular formula is C9H7ClN4. The van der Waals surface area contributed by atoms with Crippen LogP contribution < -0.4 is 5.32 Å². The van der Waals surface area contributed by atoms with Gasteiger partial charge in [0.05, 0.1) is 5.56 Å². The van der Waals surface area contributed by atoms with Crippen LogP contribution in [-0.4, -0.2) is 10.2 Å². The third kappa shape index (κ3) is 2.88. The zero-order chi connectivity index (χ0) is 10.4. The molecule has 0 saturated heterocycles. The van der Waals surface area contributed by atoms with Gasteiger partial charge in [-0.05, 0) is 18.2 Å². The predicted molar refractivity (Wildman–Crippen MR) is 55.3 cm³/mol. The third-order valence-corrected chi connectivity index (χ3v) is 1.50. The highest BCUT2D eigenvalue weighted by molar-refractivity contribution is 6.67. The molecule has 0 spiro atoms. The predicted octanol–water partition coefficient (Wildman–Crippen LogP) is 2.09. The van der Waals surface area contributed by atoms with Crippen molar-refractivity contribution in [2.45, 2.75) is 0 Å². The maximum Gasteiger partial charge on any atom is 0.147 e. The van der Waals surface area contributed by atoms with Crippen LogP contribution in [0.4, 0.5) is 5.82 Å². The van der Waals surface area contributed by atoms with Crippen LogP contribution in [0.3, 0.4) is 0 Å². The van der Waals surface area contributed by atoms with Crippen molar-refractivity contribution in [1.82, 2.24) is 4.98 Å². The molecule has 0 bridgehead atoms. The molecule has 1 aromatic rings. The fraction of sp³-hybridized carbons (Fsp3) is 0. The lowest BCUT2D eigenvalue weighted by Gasteiger charge is -1.99. The lowest BCUT2D eigenvalue weighted by molar-refractivity contribution is 1.28. The zero-order valence-corrected chi connectivity index (χ0v) is 7.92. The Morgan fingerprint density at radius 1 is 1.71 bits per heavy atom. The number of halogens is 1. The number of nitriles is 1. The van der Waals surface area contributed by atoms with Crippen LogP contribution >= 0.6 is 11.6 Å². The number of rotatable bonds is 3. The fourth-order valence-corrected chi connectivity index (χ4v) is 0.867. The summed E-state index contributed by atoms with van der Waals surface area (Å²) in [6, 6.07) is 5.31. The van der Waals surface area contributed by atoms with Crippen LogP contribution in [0.1, 0.15) is 5.56 Å². The Kier molecular flexibility index (Phi) is 3.65. The van der Waals surface area contributed by atoms with Crippen molar-refractivity contribution < 1.29 is 0 Å². The number of pyridine rings is 1. The molecule has 70 valence electrons. The molecule has 0 atom stereocenters. The SMILES string of the molecule is N#Cc1cccnc1N/C=C\C(=N)Cl. The standard InChI is InChI=1S/C9H7ClN4/c10-8(12)3-5-14-9-7(6-11)2-1-4-13-9/h1-5,12H,(H,13,14)/b5-3-,12-8?. The molecule has 2 N–H and O–H groups in total. The number of nitrogens with one attached hydrogen (secondary N) is 2. The molecule has 1 aromatic heterocycles. The van der Waals surface area contributed by atoms with Gasteiger partial charge in [-0.15, -0.1) is 0 Å². The molecule has 0 saturated carbocycles. The zero-order valence-electron chi connectivity index (χ0n) is 7.16. The van der Waals surface area contributed by atoms with Crippen molar-refractivity contribution in [2.24, 2.45) is 0 Å². The van der Waals surface area contributed by atoms with Crippen LogP contribution in [0, 0.1) is 16.7 Å². The van der Waals surface area contributed by atoms with E-state index in [1.165, 1.54) is 12.3 Å². The molecule has 0 aliphatic carbocycles. The highest BCUT2D eigenvalue weighted by Gasteiger charge is 1.98. The highest BCUT2D eigenvalue weighted by atomic mass is 35.5. The normalized spacial score (nSPS) is 9.71. The van der Waals surface area contributed by atoms with Gasteiger partial charge in [-0.25, -0.2) is 4.98 Å². The maximum atomic E-state index is 8.70. The van der Waals surface area contributed by atoms with E-state index >= 15 is 0 Å². The number of hydrogen-bond acceptors (Lipinski definition) is 4. The first-order chi connectivity index (χ1) is 6.74. The number of anilines is 1. The van der Waals surface area contributed by atoms with Crippen molar-refractivity contribution in [1.29, 1.82) is 10.7 Å². The van der Waals surface area contributed by atoms with E-state index in [2.05, 4.69) is 10.3 Å². The molecule has 0 fully saturated rings. The number of aromatic nitrogens is 1. The molecule has 0 radical (unpaired) electrons. The van der Waals surface area contributed by atoms with Gasteiger partial charge >= 0.3 is 0 Å². The van der Waals surface area contributed by atoms with Crippen molar-refractivity contribution in [3.63, 3.8) is 0 Å². The quantitative estimate of drug-likeness (QED) is 0.744. The minimum atomic E-state index is -0.0908. The summed E-state index contributed by atoms with van der Waals surface area (Å²) >= 11 is 5.29. The average Bonchev–Trinajstić information content (AvgIpc) is 2.18. The van der Waals surface area contributed by atoms with Gasteiger partial charge in [0.15, 0.2) is 0 Å². The van der Waals surface area contributed by atoms with Gasteiger partial charge in [0.2, 0.25) is 0 Å². The Balaban J connectivity index is 2.77. The van der Waals surface area contributed by atoms with Gasteiger partial charge in [-0.1, -0.05) is 11.6 Å². The molecule has 0 amide bonds. The smallest absolute Gasteiger partial charge is 0.147 e. The van der Waals surface area contributed by atoms with Gasteiger partial charge in [0.1, 0.15) is 17.1 Å². The number of allylic oxidation sites excluding steroid dienone is 1. The Hall–Kier alpha value is -1.86. The maximum absolute atomic E-state index is 8.70. The van der Waals surface area contributed by atoms with Gasteiger partial charge in [0, 0.05) is 12.4 Å². The van der Waals surface area contributed by atoms with Crippen LogP contribution in [0.5, 0.6) is 0 Å². The Labute approximate surface area is 86.4 Å². The summed E-state index contributed by atoms with van der Waals surface area (Å²) in [5.74, 6) is 0.448. The molecule has 4 nitrogen and oxygen atoms in total. The summed E-state index contributed by atoms with van der Waals surface area (Å²) in [6.45, 7) is 0. The third-order valence-electron chi connectivity index (χ3n) is 1.38. The molecular weight excluding hydrogens is 200 g/mol. The second-order valence-corrected chi connectivity index (χ2v) is 2.74. The second-order valence-electron chi connectivity index (χ2n) is 2.34. The molecule has 0 aromatic carbocycles. The summed E-state index contributed by atoms with van der Waals surface area (Å²) in [4.78, 5) is 3.95. The summed E-state index contributed by atoms with van der Waals surface area (Å²) in [6.07, 6.45) is 4.39. The fourth-order valence-electron chi connectivity index (χ4n) is 0.804. The molecule has 1 rings (SSSR count). The first kappa shape index (κ1) is 10.2. The highest BCUT2D eigenvalue weighted by Crippen LogP contribution is 2.08. The summed E-state index contributed by atoms with van der Waals surface area (Å²) < 4.78 is 0. The van der Waals surface area contributed by atoms with Crippen LogP contribution in [0.2, 0.25) is 0 Å². The largest absolute Gasteiger partial charge is 0.345 e. The van der Waals surface area contributed by atoms with Gasteiger partial charge in [-0.2, -0.15) is 5.26 Å². The van der Waals surface area contributed by atoms with E-state index in [1.807, 2.05) is 6.07 Å². The Bertz CT molecular complexity index is 406. The second kappa shape index (κ2) is 5.00. The topological polar surface area (TPSA) is 72.6 Å². The van der Waals surface area contributed by atoms with Crippen LogP contribution in [0.25, 0.3) is 0 Å². The minimum Gasteiger partial charge on any atom is -0.345 e. The summed E-state index contributed by atoms with van der Waals surface area (Å²) in [7, 11) is 0. The van der Waals surface area contributed by atoms with Crippen LogP contribution in [0.15, 0.2) is 30.6 Å². The van der Waals surface area contributed by atoms with Crippen LogP contribution in [-0.2, 0) is 0 Å². The van der Waals surface area contributed by atoms with E-state index in [4.69, 9.17) is 22.3 Å². The van der Waals surface area contributed by atoms with E-state index in [-0.39, 0.29) is 5.17 Å². The molecule has 0 unspecified atom stereocenters. The lowest BCUT2D eigenvalue weighted by atomic mass is 10.3. The average molecular weight is 207 g/mol. The van der Waals surface area contributed by atoms with Crippen molar-refractivity contribution in [3.05, 3.63) is 36.2 Å². The van der Waals surface area contributed by atoms with Gasteiger partial charge in [-0.3, -0.25) is 5.41 Å². The van der Waals surface area contributed by atoms with Gasteiger partial charge < -0.3 is 5.32 Å². The summed E-state index contributed by atoms with van der Waals surface area (Å²) in [5.41, 5.74) is 0.443. The van der Waals surface area contributed by atoms with E-state index in [1.54, 1.807) is 18.3 Å². The Morgan fingerprint density at radius 2 is 2.50 bits per heavy atom. The van der Waals surface area contributed by atoms with Crippen molar-refractivity contribution >= 4 is 22.6 Å². The molecule has 0 aliphatic rings. The number of hydrogen-bond donors (Lipinski definition) is 2. The minimum absolute atomic E-state index is 0.0908. The molecule has 5 heteroatoms. The van der Waals surface area contributed by atoms with E-state index < -0.39 is 0 Å². The first-order valence-corrected chi connectivity index (χ1v) is 4.14. The molecule has 0 aliphatic heterocycles. The monoisotopic (exact) mass is 206 g/mol. The molecule has 1 heterocycles. The molecule has 14 heavy (non-hydrogen) atoms. The summed E-state index contributed by atoms with van der Waals surface area (Å²) in [5, 5.41) is 18.3. The number of nitrogens with zero attached hydrogens (tertiary/aromatic N) is 2.